The van der Waals surface area contributed by atoms with E-state index in [2.05, 4.69) is 21.8 Å². The van der Waals surface area contributed by atoms with Gasteiger partial charge in [-0.05, 0) is 85.0 Å². The standard InChI is InChI=1S/C44H67FN6O7/c1-12-36-38-30(7)56-43(54)51(19-14-13-18-50-24-35(47-48-50)32-16-15-17-33(46)22-32)39(38)28(5)40(52)25(2)20-26(3)41(29(6)42(53)44(9,45)31(8)57-36)58-37-23-34(49(10)11)21-27(4)55-37/h15-17,22,24-30,34,36-39,41H,8,12-14,18-21,23,46H2,1-7,9-11H3. The van der Waals surface area contributed by atoms with Crippen molar-refractivity contribution >= 4 is 23.3 Å². The summed E-state index contributed by atoms with van der Waals surface area (Å²) in [5.74, 6) is -3.91. The van der Waals surface area contributed by atoms with E-state index in [0.29, 0.717) is 56.6 Å². The van der Waals surface area contributed by atoms with Gasteiger partial charge in [-0.3, -0.25) is 14.3 Å². The van der Waals surface area contributed by atoms with Gasteiger partial charge < -0.3 is 34.5 Å². The monoisotopic (exact) mass is 811 g/mol. The lowest BCUT2D eigenvalue weighted by Gasteiger charge is -2.49. The number of carbonyl (C=O) groups excluding carboxylic acids is 3. The lowest BCUT2D eigenvalue weighted by Crippen LogP contribution is -2.62. The summed E-state index contributed by atoms with van der Waals surface area (Å²) in [6, 6.07) is 7.03. The first-order chi connectivity index (χ1) is 27.3. The van der Waals surface area contributed by atoms with Gasteiger partial charge in [0.05, 0.1) is 30.4 Å². The van der Waals surface area contributed by atoms with E-state index in [1.54, 1.807) is 23.4 Å². The molecule has 3 saturated heterocycles. The van der Waals surface area contributed by atoms with Crippen molar-refractivity contribution in [3.63, 3.8) is 0 Å². The minimum atomic E-state index is -2.56. The van der Waals surface area contributed by atoms with E-state index >= 15 is 4.39 Å². The number of cyclic esters (lactones) is 1. The Morgan fingerprint density at radius 1 is 1.02 bits per heavy atom. The minimum absolute atomic E-state index is 0.0144. The van der Waals surface area contributed by atoms with Crippen LogP contribution >= 0.6 is 0 Å². The van der Waals surface area contributed by atoms with Crippen LogP contribution in [0.25, 0.3) is 11.3 Å². The van der Waals surface area contributed by atoms with Crippen LogP contribution in [0.3, 0.4) is 0 Å². The summed E-state index contributed by atoms with van der Waals surface area (Å²) in [5.41, 5.74) is 5.62. The number of hydrogen-bond donors (Lipinski definition) is 1. The Labute approximate surface area is 344 Å². The molecule has 3 aliphatic heterocycles. The molecule has 0 bridgehead atoms. The number of fused-ring (bicyclic) bond motifs is 1. The molecular weight excluding hydrogens is 744 g/mol. The highest BCUT2D eigenvalue weighted by atomic mass is 19.1. The summed E-state index contributed by atoms with van der Waals surface area (Å²) in [6.07, 6.45) is 1.97. The Balaban J connectivity index is 1.41. The van der Waals surface area contributed by atoms with E-state index in [-0.39, 0.29) is 29.6 Å². The van der Waals surface area contributed by atoms with Gasteiger partial charge in [0.15, 0.2) is 12.1 Å². The molecule has 13 atom stereocenters. The topological polar surface area (TPSA) is 151 Å². The van der Waals surface area contributed by atoms with Gasteiger partial charge in [-0.2, -0.15) is 0 Å². The Kier molecular flexibility index (Phi) is 14.8. The molecule has 3 fully saturated rings. The highest BCUT2D eigenvalue weighted by Gasteiger charge is 2.52. The van der Waals surface area contributed by atoms with Crippen LogP contribution < -0.4 is 5.73 Å². The number of halogens is 1. The quantitative estimate of drug-likeness (QED) is 0.193. The number of unbranched alkanes of at least 4 members (excludes halogenated alkanes) is 1. The Morgan fingerprint density at radius 3 is 2.40 bits per heavy atom. The summed E-state index contributed by atoms with van der Waals surface area (Å²) >= 11 is 0. The molecule has 3 aliphatic rings. The van der Waals surface area contributed by atoms with Crippen LogP contribution in [-0.2, 0) is 35.1 Å². The number of allylic oxidation sites excluding steroid dienone is 1. The SMILES string of the molecule is C=C1OC(CC)C2C(C)OC(=O)N(CCCCn3cc(-c4cccc(N)c4)nn3)C2C(C)C(=O)C(C)CC(C)C(OC2CC(N(C)C)CC(C)O2)C(C)C(=O)C1(C)F. The second-order valence-electron chi connectivity index (χ2n) is 17.6. The molecule has 322 valence electrons. The number of rotatable bonds is 10. The molecule has 5 rings (SSSR count). The van der Waals surface area contributed by atoms with E-state index in [9.17, 15) is 14.4 Å². The summed E-state index contributed by atoms with van der Waals surface area (Å²) < 4.78 is 44.0. The lowest BCUT2D eigenvalue weighted by molar-refractivity contribution is -0.237. The number of nitrogens with two attached hydrogens (primary N) is 1. The third-order valence-electron chi connectivity index (χ3n) is 12.8. The average Bonchev–Trinajstić information content (AvgIpc) is 3.65. The maximum absolute atomic E-state index is 17.0. The third kappa shape index (κ3) is 10.1. The van der Waals surface area contributed by atoms with Gasteiger partial charge in [-0.1, -0.05) is 58.5 Å². The first-order valence-corrected chi connectivity index (χ1v) is 21.2. The van der Waals surface area contributed by atoms with Crippen molar-refractivity contribution < 1.29 is 37.7 Å². The van der Waals surface area contributed by atoms with Crippen LogP contribution in [-0.4, -0.2) is 112 Å². The van der Waals surface area contributed by atoms with Gasteiger partial charge in [-0.25, -0.2) is 9.18 Å². The molecule has 2 N–H and O–H groups in total. The van der Waals surface area contributed by atoms with Crippen LogP contribution in [0, 0.1) is 29.6 Å². The zero-order valence-electron chi connectivity index (χ0n) is 36.2. The van der Waals surface area contributed by atoms with Gasteiger partial charge in [-0.15, -0.1) is 5.10 Å². The average molecular weight is 811 g/mol. The van der Waals surface area contributed by atoms with Gasteiger partial charge in [0.2, 0.25) is 5.67 Å². The van der Waals surface area contributed by atoms with Crippen molar-refractivity contribution in [1.29, 1.82) is 0 Å². The van der Waals surface area contributed by atoms with Crippen LogP contribution in [0.5, 0.6) is 0 Å². The van der Waals surface area contributed by atoms with Crippen molar-refractivity contribution in [2.75, 3.05) is 26.4 Å². The molecule has 13 unspecified atom stereocenters. The predicted molar refractivity (Wildman–Crippen MR) is 220 cm³/mol. The molecule has 1 amide bonds. The molecule has 2 aromatic rings. The van der Waals surface area contributed by atoms with Crippen LogP contribution in [0.2, 0.25) is 0 Å². The minimum Gasteiger partial charge on any atom is -0.491 e. The largest absolute Gasteiger partial charge is 0.491 e. The number of aromatic nitrogens is 3. The van der Waals surface area contributed by atoms with E-state index in [1.807, 2.05) is 79.2 Å². The number of benzene rings is 1. The number of anilines is 1. The number of aryl methyl sites for hydroxylation is 1. The first kappa shape index (κ1) is 45.2. The van der Waals surface area contributed by atoms with E-state index in [1.165, 1.54) is 6.92 Å². The van der Waals surface area contributed by atoms with Crippen molar-refractivity contribution in [3.05, 3.63) is 42.8 Å². The Morgan fingerprint density at radius 2 is 1.72 bits per heavy atom. The van der Waals surface area contributed by atoms with E-state index in [4.69, 9.17) is 24.7 Å². The normalized spacial score (nSPS) is 35.6. The Hall–Kier alpha value is -3.88. The van der Waals surface area contributed by atoms with Gasteiger partial charge in [0, 0.05) is 54.6 Å². The summed E-state index contributed by atoms with van der Waals surface area (Å²) in [5, 5.41) is 8.59. The second kappa shape index (κ2) is 19.0. The van der Waals surface area contributed by atoms with Crippen molar-refractivity contribution in [2.45, 2.75) is 149 Å². The first-order valence-electron chi connectivity index (χ1n) is 21.2. The molecular formula is C44H67FN6O7. The van der Waals surface area contributed by atoms with Gasteiger partial charge in [0.25, 0.3) is 0 Å². The van der Waals surface area contributed by atoms with Crippen molar-refractivity contribution in [2.24, 2.45) is 29.6 Å². The molecule has 4 heterocycles. The number of ketones is 2. The molecule has 0 aliphatic carbocycles. The van der Waals surface area contributed by atoms with Crippen LogP contribution in [0.15, 0.2) is 42.8 Å². The van der Waals surface area contributed by atoms with Gasteiger partial charge >= 0.3 is 6.09 Å². The maximum Gasteiger partial charge on any atom is 0.410 e. The number of carbonyl (C=O) groups is 3. The van der Waals surface area contributed by atoms with Crippen LogP contribution in [0.4, 0.5) is 14.9 Å². The number of amides is 1. The summed E-state index contributed by atoms with van der Waals surface area (Å²) in [7, 11) is 4.04. The molecule has 1 aromatic carbocycles. The smallest absolute Gasteiger partial charge is 0.410 e. The predicted octanol–water partition coefficient (Wildman–Crippen LogP) is 7.10. The Bertz CT molecular complexity index is 1750. The van der Waals surface area contributed by atoms with Crippen molar-refractivity contribution in [1.82, 2.24) is 24.8 Å². The highest BCUT2D eigenvalue weighted by Crippen LogP contribution is 2.41. The lowest BCUT2D eigenvalue weighted by atomic mass is 9.73. The molecule has 0 spiro atoms. The highest BCUT2D eigenvalue weighted by molar-refractivity contribution is 5.92. The second-order valence-corrected chi connectivity index (χ2v) is 17.6. The number of hydrogen-bond acceptors (Lipinski definition) is 11. The third-order valence-corrected chi connectivity index (χ3v) is 12.8. The van der Waals surface area contributed by atoms with E-state index < -0.39 is 71.9 Å². The van der Waals surface area contributed by atoms with Crippen molar-refractivity contribution in [3.8, 4) is 11.3 Å². The fourth-order valence-electron chi connectivity index (χ4n) is 9.44. The van der Waals surface area contributed by atoms with Crippen LogP contribution in [0.1, 0.15) is 93.9 Å². The molecule has 13 nitrogen and oxygen atoms in total. The number of nitrogens with zero attached hydrogens (tertiary/aromatic N) is 5. The van der Waals surface area contributed by atoms with E-state index in [0.717, 1.165) is 12.0 Å². The molecule has 0 saturated carbocycles. The number of Topliss-reactive ketones (excluding diaryl/α,β-unsaturated/α-hetero) is 2. The fourth-order valence-corrected chi connectivity index (χ4v) is 9.44. The summed E-state index contributed by atoms with van der Waals surface area (Å²) in [6.45, 7) is 19.1. The maximum atomic E-state index is 17.0. The number of nitrogen functional groups attached to an aromatic ring is 1. The molecule has 0 radical (unpaired) electrons. The summed E-state index contributed by atoms with van der Waals surface area (Å²) in [4.78, 5) is 46.5. The molecule has 1 aromatic heterocycles. The number of ether oxygens (including phenoxy) is 4. The number of alkyl halides is 1. The zero-order chi connectivity index (χ0) is 42.6. The zero-order valence-corrected chi connectivity index (χ0v) is 36.2. The molecule has 58 heavy (non-hydrogen) atoms. The van der Waals surface area contributed by atoms with Gasteiger partial charge in [0.1, 0.15) is 29.4 Å². The fraction of sp³-hybridized carbons (Fsp3) is 0.705. The molecule has 14 heteroatoms.